The van der Waals surface area contributed by atoms with E-state index in [-0.39, 0.29) is 5.92 Å². The zero-order chi connectivity index (χ0) is 18.6. The minimum atomic E-state index is -3.15. The van der Waals surface area contributed by atoms with Crippen molar-refractivity contribution in [2.24, 2.45) is 5.92 Å². The highest BCUT2D eigenvalue weighted by atomic mass is 32.2. The van der Waals surface area contributed by atoms with Crippen LogP contribution in [0.2, 0.25) is 0 Å². The first kappa shape index (κ1) is 19.4. The SMILES string of the molecule is Cc1cccc(C)c1NC(=O)C(=O)NCC1CCN(S(C)(=O)=O)CC1. The molecule has 2 amide bonds. The van der Waals surface area contributed by atoms with Crippen LogP contribution in [0.15, 0.2) is 18.2 Å². The number of hydrogen-bond acceptors (Lipinski definition) is 4. The lowest BCUT2D eigenvalue weighted by Crippen LogP contribution is -2.43. The zero-order valence-corrected chi connectivity index (χ0v) is 15.6. The van der Waals surface area contributed by atoms with E-state index in [0.29, 0.717) is 38.2 Å². The number of sulfonamides is 1. The number of anilines is 1. The van der Waals surface area contributed by atoms with Crippen molar-refractivity contribution in [1.82, 2.24) is 9.62 Å². The van der Waals surface area contributed by atoms with Crippen LogP contribution in [0.3, 0.4) is 0 Å². The predicted molar refractivity (Wildman–Crippen MR) is 96.7 cm³/mol. The molecule has 0 atom stereocenters. The average molecular weight is 367 g/mol. The van der Waals surface area contributed by atoms with E-state index < -0.39 is 21.8 Å². The molecular weight excluding hydrogens is 342 g/mol. The van der Waals surface area contributed by atoms with Crippen molar-refractivity contribution >= 4 is 27.5 Å². The number of rotatable bonds is 4. The quantitative estimate of drug-likeness (QED) is 0.777. The maximum Gasteiger partial charge on any atom is 0.313 e. The molecule has 0 saturated carbocycles. The van der Waals surface area contributed by atoms with Crippen LogP contribution in [-0.2, 0) is 19.6 Å². The fourth-order valence-electron chi connectivity index (χ4n) is 2.94. The zero-order valence-electron chi connectivity index (χ0n) is 14.8. The highest BCUT2D eigenvalue weighted by Gasteiger charge is 2.25. The van der Waals surface area contributed by atoms with E-state index in [1.165, 1.54) is 10.6 Å². The second-order valence-electron chi connectivity index (χ2n) is 6.54. The van der Waals surface area contributed by atoms with Crippen LogP contribution in [0, 0.1) is 19.8 Å². The van der Waals surface area contributed by atoms with Crippen LogP contribution >= 0.6 is 0 Å². The summed E-state index contributed by atoms with van der Waals surface area (Å²) in [5, 5.41) is 5.30. The Labute approximate surface area is 148 Å². The summed E-state index contributed by atoms with van der Waals surface area (Å²) in [5.41, 5.74) is 2.45. The Kier molecular flexibility index (Phi) is 6.18. The molecular formula is C17H25N3O4S. The molecule has 0 spiro atoms. The molecule has 1 aliphatic rings. The molecule has 1 heterocycles. The highest BCUT2D eigenvalue weighted by molar-refractivity contribution is 7.88. The highest BCUT2D eigenvalue weighted by Crippen LogP contribution is 2.20. The largest absolute Gasteiger partial charge is 0.348 e. The standard InChI is InChI=1S/C17H25N3O4S/c1-12-5-4-6-13(2)15(12)19-17(22)16(21)18-11-14-7-9-20(10-8-14)25(3,23)24/h4-6,14H,7-11H2,1-3H3,(H,18,21)(H,19,22). The van der Waals surface area contributed by atoms with E-state index >= 15 is 0 Å². The molecule has 0 radical (unpaired) electrons. The number of hydrogen-bond donors (Lipinski definition) is 2. The van der Waals surface area contributed by atoms with Crippen LogP contribution in [0.5, 0.6) is 0 Å². The Morgan fingerprint density at radius 2 is 1.68 bits per heavy atom. The van der Waals surface area contributed by atoms with Crippen molar-refractivity contribution in [1.29, 1.82) is 0 Å². The van der Waals surface area contributed by atoms with Gasteiger partial charge >= 0.3 is 11.8 Å². The fraction of sp³-hybridized carbons (Fsp3) is 0.529. The van der Waals surface area contributed by atoms with Crippen molar-refractivity contribution in [2.45, 2.75) is 26.7 Å². The Balaban J connectivity index is 1.82. The summed E-state index contributed by atoms with van der Waals surface area (Å²) in [6.07, 6.45) is 2.55. The number of piperidine rings is 1. The third kappa shape index (κ3) is 5.27. The molecule has 1 aromatic carbocycles. The van der Waals surface area contributed by atoms with Crippen LogP contribution in [-0.4, -0.2) is 50.4 Å². The number of benzene rings is 1. The van der Waals surface area contributed by atoms with Gasteiger partial charge in [0.25, 0.3) is 0 Å². The summed E-state index contributed by atoms with van der Waals surface area (Å²) in [6, 6.07) is 5.63. The molecule has 8 heteroatoms. The molecule has 1 fully saturated rings. The number of para-hydroxylation sites is 1. The predicted octanol–water partition coefficient (Wildman–Crippen LogP) is 1.03. The van der Waals surface area contributed by atoms with Crippen LogP contribution in [0.4, 0.5) is 5.69 Å². The first-order valence-corrected chi connectivity index (χ1v) is 10.1. The molecule has 0 aliphatic carbocycles. The minimum absolute atomic E-state index is 0.176. The van der Waals surface area contributed by atoms with Gasteiger partial charge in [0.2, 0.25) is 10.0 Å². The van der Waals surface area contributed by atoms with Crippen molar-refractivity contribution in [3.8, 4) is 0 Å². The molecule has 1 aliphatic heterocycles. The smallest absolute Gasteiger partial charge is 0.313 e. The van der Waals surface area contributed by atoms with Crippen LogP contribution in [0.25, 0.3) is 0 Å². The van der Waals surface area contributed by atoms with E-state index in [0.717, 1.165) is 11.1 Å². The molecule has 0 aromatic heterocycles. The summed E-state index contributed by atoms with van der Waals surface area (Å²) < 4.78 is 24.4. The van der Waals surface area contributed by atoms with Gasteiger partial charge in [-0.2, -0.15) is 0 Å². The fourth-order valence-corrected chi connectivity index (χ4v) is 3.82. The number of nitrogens with zero attached hydrogens (tertiary/aromatic N) is 1. The summed E-state index contributed by atoms with van der Waals surface area (Å²) in [5.74, 6) is -1.19. The van der Waals surface area contributed by atoms with E-state index in [9.17, 15) is 18.0 Å². The number of carbonyl (C=O) groups excluding carboxylic acids is 2. The van der Waals surface area contributed by atoms with Gasteiger partial charge in [-0.15, -0.1) is 0 Å². The Bertz CT molecular complexity index is 733. The number of nitrogens with one attached hydrogen (secondary N) is 2. The lowest BCUT2D eigenvalue weighted by atomic mass is 9.98. The normalized spacial score (nSPS) is 16.4. The molecule has 1 saturated heterocycles. The van der Waals surface area contributed by atoms with E-state index in [1.807, 2.05) is 32.0 Å². The van der Waals surface area contributed by atoms with Gasteiger partial charge in [0.05, 0.1) is 6.26 Å². The molecule has 138 valence electrons. The van der Waals surface area contributed by atoms with Gasteiger partial charge < -0.3 is 10.6 Å². The van der Waals surface area contributed by atoms with Crippen molar-refractivity contribution in [3.63, 3.8) is 0 Å². The van der Waals surface area contributed by atoms with E-state index in [2.05, 4.69) is 10.6 Å². The summed E-state index contributed by atoms with van der Waals surface area (Å²) >= 11 is 0. The van der Waals surface area contributed by atoms with Gasteiger partial charge in [0.1, 0.15) is 0 Å². The Hall–Kier alpha value is -1.93. The number of carbonyl (C=O) groups is 2. The molecule has 2 rings (SSSR count). The summed E-state index contributed by atoms with van der Waals surface area (Å²) in [6.45, 7) is 5.02. The number of amides is 2. The third-order valence-corrected chi connectivity index (χ3v) is 5.82. The molecule has 1 aromatic rings. The van der Waals surface area contributed by atoms with Gasteiger partial charge in [-0.1, -0.05) is 18.2 Å². The second-order valence-corrected chi connectivity index (χ2v) is 8.52. The Morgan fingerprint density at radius 3 is 2.20 bits per heavy atom. The molecule has 7 nitrogen and oxygen atoms in total. The topological polar surface area (TPSA) is 95.6 Å². The molecule has 25 heavy (non-hydrogen) atoms. The molecule has 2 N–H and O–H groups in total. The number of aryl methyl sites for hydroxylation is 2. The van der Waals surface area contributed by atoms with Crippen molar-refractivity contribution in [2.75, 3.05) is 31.2 Å². The van der Waals surface area contributed by atoms with Crippen molar-refractivity contribution < 1.29 is 18.0 Å². The Morgan fingerprint density at radius 1 is 1.12 bits per heavy atom. The molecule has 0 bridgehead atoms. The van der Waals surface area contributed by atoms with Gasteiger partial charge in [0, 0.05) is 25.3 Å². The van der Waals surface area contributed by atoms with Gasteiger partial charge in [-0.05, 0) is 43.7 Å². The van der Waals surface area contributed by atoms with Gasteiger partial charge in [-0.25, -0.2) is 12.7 Å². The van der Waals surface area contributed by atoms with Crippen LogP contribution < -0.4 is 10.6 Å². The lowest BCUT2D eigenvalue weighted by Gasteiger charge is -2.30. The maximum absolute atomic E-state index is 12.1. The van der Waals surface area contributed by atoms with E-state index in [4.69, 9.17) is 0 Å². The average Bonchev–Trinajstić information content (AvgIpc) is 2.55. The maximum atomic E-state index is 12.1. The summed E-state index contributed by atoms with van der Waals surface area (Å²) in [4.78, 5) is 24.1. The summed E-state index contributed by atoms with van der Waals surface area (Å²) in [7, 11) is -3.15. The van der Waals surface area contributed by atoms with Crippen molar-refractivity contribution in [3.05, 3.63) is 29.3 Å². The van der Waals surface area contributed by atoms with E-state index in [1.54, 1.807) is 0 Å². The first-order valence-electron chi connectivity index (χ1n) is 8.29. The van der Waals surface area contributed by atoms with Gasteiger partial charge in [-0.3, -0.25) is 9.59 Å². The van der Waals surface area contributed by atoms with Gasteiger partial charge in [0.15, 0.2) is 0 Å². The first-order chi connectivity index (χ1) is 11.7. The third-order valence-electron chi connectivity index (χ3n) is 4.52. The second kappa shape index (κ2) is 7.97. The van der Waals surface area contributed by atoms with Crippen LogP contribution in [0.1, 0.15) is 24.0 Å². The minimum Gasteiger partial charge on any atom is -0.348 e. The lowest BCUT2D eigenvalue weighted by molar-refractivity contribution is -0.136. The molecule has 0 unspecified atom stereocenters. The monoisotopic (exact) mass is 367 g/mol.